The minimum atomic E-state index is -3.74. The van der Waals surface area contributed by atoms with Gasteiger partial charge < -0.3 is 10.4 Å². The monoisotopic (exact) mass is 420 g/mol. The van der Waals surface area contributed by atoms with Crippen molar-refractivity contribution < 1.29 is 18.3 Å². The Morgan fingerprint density at radius 3 is 2.55 bits per heavy atom. The lowest BCUT2D eigenvalue weighted by molar-refractivity contribution is 0.0737. The smallest absolute Gasteiger partial charge is 0.251 e. The summed E-state index contributed by atoms with van der Waals surface area (Å²) in [5, 5.41) is 13.0. The van der Waals surface area contributed by atoms with E-state index >= 15 is 0 Å². The molecule has 160 valence electrons. The molecule has 2 aliphatic carbocycles. The Balaban J connectivity index is 1.60. The van der Waals surface area contributed by atoms with E-state index in [1.165, 1.54) is 16.8 Å². The third kappa shape index (κ3) is 3.31. The van der Waals surface area contributed by atoms with Crippen molar-refractivity contribution in [1.29, 1.82) is 0 Å². The maximum atomic E-state index is 13.1. The molecule has 1 amide bonds. The summed E-state index contributed by atoms with van der Waals surface area (Å²) in [6.45, 7) is 8.87. The topological polar surface area (TPSA) is 86.7 Å². The second-order valence-electron chi connectivity index (χ2n) is 10.1. The lowest BCUT2D eigenvalue weighted by Crippen LogP contribution is -2.52. The summed E-state index contributed by atoms with van der Waals surface area (Å²) in [5.74, 6) is 0.406. The molecule has 6 nitrogen and oxygen atoms in total. The molecule has 2 N–H and O–H groups in total. The van der Waals surface area contributed by atoms with Crippen LogP contribution in [0.4, 0.5) is 0 Å². The summed E-state index contributed by atoms with van der Waals surface area (Å²) in [4.78, 5) is 13.3. The first-order chi connectivity index (χ1) is 13.4. The van der Waals surface area contributed by atoms with Crippen molar-refractivity contribution >= 4 is 15.9 Å². The summed E-state index contributed by atoms with van der Waals surface area (Å²) in [6.07, 6.45) is 3.28. The van der Waals surface area contributed by atoms with Crippen LogP contribution in [0.1, 0.15) is 62.4 Å². The summed E-state index contributed by atoms with van der Waals surface area (Å²) in [7, 11) is -3.74. The van der Waals surface area contributed by atoms with Crippen molar-refractivity contribution in [2.75, 3.05) is 13.1 Å². The molecule has 1 unspecified atom stereocenters. The van der Waals surface area contributed by atoms with E-state index < -0.39 is 16.1 Å². The Hall–Kier alpha value is -1.44. The molecule has 0 aromatic heterocycles. The summed E-state index contributed by atoms with van der Waals surface area (Å²) in [6, 6.07) is 4.97. The SMILES string of the molecule is Cc1ccc(C(=O)NC2C(C)(C)[C@@H]3CC[C@@]2(C)C3)cc1S(=O)(=O)N1CC[C@H](O)C1. The molecule has 29 heavy (non-hydrogen) atoms. The molecule has 4 atom stereocenters. The zero-order valence-corrected chi connectivity index (χ0v) is 18.6. The Morgan fingerprint density at radius 2 is 1.97 bits per heavy atom. The van der Waals surface area contributed by atoms with Gasteiger partial charge in [-0.2, -0.15) is 4.31 Å². The van der Waals surface area contributed by atoms with Gasteiger partial charge in [-0.25, -0.2) is 8.42 Å². The minimum absolute atomic E-state index is 0.0357. The molecule has 1 heterocycles. The molecular weight excluding hydrogens is 388 g/mol. The van der Waals surface area contributed by atoms with Crippen molar-refractivity contribution in [2.45, 2.75) is 70.4 Å². The predicted molar refractivity (Wildman–Crippen MR) is 111 cm³/mol. The van der Waals surface area contributed by atoms with Gasteiger partial charge in [-0.15, -0.1) is 0 Å². The van der Waals surface area contributed by atoms with Crippen LogP contribution >= 0.6 is 0 Å². The first-order valence-corrected chi connectivity index (χ1v) is 12.0. The van der Waals surface area contributed by atoms with Crippen molar-refractivity contribution in [3.05, 3.63) is 29.3 Å². The van der Waals surface area contributed by atoms with Gasteiger partial charge in [0, 0.05) is 24.7 Å². The third-order valence-corrected chi connectivity index (χ3v) is 9.75. The number of aliphatic hydroxyl groups excluding tert-OH is 1. The van der Waals surface area contributed by atoms with E-state index in [1.807, 2.05) is 0 Å². The highest BCUT2D eigenvalue weighted by Gasteiger charge is 2.59. The van der Waals surface area contributed by atoms with Gasteiger partial charge in [0.1, 0.15) is 0 Å². The number of fused-ring (bicyclic) bond motifs is 2. The number of hydrogen-bond acceptors (Lipinski definition) is 4. The van der Waals surface area contributed by atoms with Crippen LogP contribution in [-0.2, 0) is 10.0 Å². The zero-order chi connectivity index (χ0) is 21.2. The molecule has 2 bridgehead atoms. The molecule has 2 saturated carbocycles. The highest BCUT2D eigenvalue weighted by Crippen LogP contribution is 2.62. The number of sulfonamides is 1. The van der Waals surface area contributed by atoms with E-state index in [0.29, 0.717) is 30.0 Å². The third-order valence-electron chi connectivity index (χ3n) is 7.74. The normalized spacial score (nSPS) is 33.9. The largest absolute Gasteiger partial charge is 0.392 e. The number of aryl methyl sites for hydroxylation is 1. The van der Waals surface area contributed by atoms with Gasteiger partial charge in [0.05, 0.1) is 11.0 Å². The van der Waals surface area contributed by atoms with Gasteiger partial charge in [0.2, 0.25) is 10.0 Å². The van der Waals surface area contributed by atoms with Crippen molar-refractivity contribution in [3.8, 4) is 0 Å². The van der Waals surface area contributed by atoms with Crippen molar-refractivity contribution in [3.63, 3.8) is 0 Å². The van der Waals surface area contributed by atoms with Crippen LogP contribution in [0.15, 0.2) is 23.1 Å². The van der Waals surface area contributed by atoms with Crippen molar-refractivity contribution in [1.82, 2.24) is 9.62 Å². The molecule has 3 aliphatic rings. The van der Waals surface area contributed by atoms with E-state index in [9.17, 15) is 18.3 Å². The fraction of sp³-hybridized carbons (Fsp3) is 0.682. The number of nitrogens with zero attached hydrogens (tertiary/aromatic N) is 1. The molecule has 0 spiro atoms. The number of aliphatic hydroxyl groups is 1. The summed E-state index contributed by atoms with van der Waals surface area (Å²) >= 11 is 0. The van der Waals surface area contributed by atoms with E-state index in [4.69, 9.17) is 0 Å². The molecule has 1 aromatic carbocycles. The predicted octanol–water partition coefficient (Wildman–Crippen LogP) is 2.69. The fourth-order valence-electron chi connectivity index (χ4n) is 5.96. The average Bonchev–Trinajstić information content (AvgIpc) is 3.30. The maximum Gasteiger partial charge on any atom is 0.251 e. The van der Waals surface area contributed by atoms with E-state index in [0.717, 1.165) is 12.8 Å². The quantitative estimate of drug-likeness (QED) is 0.784. The number of hydrogen-bond donors (Lipinski definition) is 2. The van der Waals surface area contributed by atoms with Gasteiger partial charge in [-0.05, 0) is 67.1 Å². The van der Waals surface area contributed by atoms with E-state index in [2.05, 4.69) is 26.1 Å². The molecule has 7 heteroatoms. The number of benzene rings is 1. The van der Waals surface area contributed by atoms with Crippen molar-refractivity contribution in [2.24, 2.45) is 16.7 Å². The Kier molecular flexibility index (Phi) is 4.87. The van der Waals surface area contributed by atoms with Gasteiger partial charge in [-0.3, -0.25) is 4.79 Å². The first-order valence-electron chi connectivity index (χ1n) is 10.5. The lowest BCUT2D eigenvalue weighted by atomic mass is 9.68. The number of β-amino-alcohol motifs (C(OH)–C–C–N with tert-alkyl or cyclic N) is 1. The van der Waals surface area contributed by atoms with Crippen LogP contribution in [0, 0.1) is 23.7 Å². The molecule has 0 radical (unpaired) electrons. The highest BCUT2D eigenvalue weighted by molar-refractivity contribution is 7.89. The van der Waals surface area contributed by atoms with Crippen LogP contribution in [0.3, 0.4) is 0 Å². The lowest BCUT2D eigenvalue weighted by Gasteiger charge is -2.43. The van der Waals surface area contributed by atoms with Crippen LogP contribution in [0.25, 0.3) is 0 Å². The minimum Gasteiger partial charge on any atom is -0.392 e. The van der Waals surface area contributed by atoms with E-state index in [1.54, 1.807) is 19.1 Å². The maximum absolute atomic E-state index is 13.1. The Bertz CT molecular complexity index is 937. The van der Waals surface area contributed by atoms with Gasteiger partial charge in [-0.1, -0.05) is 26.8 Å². The van der Waals surface area contributed by atoms with Gasteiger partial charge in [0.15, 0.2) is 0 Å². The number of rotatable bonds is 4. The number of nitrogens with one attached hydrogen (secondary N) is 1. The first kappa shape index (κ1) is 20.8. The number of amides is 1. The number of carbonyl (C=O) groups is 1. The second kappa shape index (κ2) is 6.79. The molecule has 4 rings (SSSR count). The summed E-state index contributed by atoms with van der Waals surface area (Å²) < 4.78 is 27.4. The molecule has 1 saturated heterocycles. The van der Waals surface area contributed by atoms with Crippen LogP contribution in [0.2, 0.25) is 0 Å². The summed E-state index contributed by atoms with van der Waals surface area (Å²) in [5.41, 5.74) is 1.12. The second-order valence-corrected chi connectivity index (χ2v) is 12.0. The molecule has 1 aliphatic heterocycles. The molecule has 1 aromatic rings. The Morgan fingerprint density at radius 1 is 1.24 bits per heavy atom. The average molecular weight is 421 g/mol. The molecule has 3 fully saturated rings. The number of carbonyl (C=O) groups excluding carboxylic acids is 1. The van der Waals surface area contributed by atoms with Crippen LogP contribution in [-0.4, -0.2) is 49.0 Å². The Labute approximate surface area is 173 Å². The van der Waals surface area contributed by atoms with E-state index in [-0.39, 0.29) is 34.2 Å². The molecular formula is C22H32N2O4S. The van der Waals surface area contributed by atoms with Gasteiger partial charge >= 0.3 is 0 Å². The standard InChI is InChI=1S/C22H32N2O4S/c1-14-5-6-15(11-18(14)29(27,28)24-10-8-17(25)13-24)19(26)23-20-21(2,3)16-7-9-22(20,4)12-16/h5-6,11,16-17,20,25H,7-10,12-13H2,1-4H3,(H,23,26)/t16-,17+,20?,22+/m1/s1. The van der Waals surface area contributed by atoms with Gasteiger partial charge in [0.25, 0.3) is 5.91 Å². The highest BCUT2D eigenvalue weighted by atomic mass is 32.2. The van der Waals surface area contributed by atoms with Crippen LogP contribution < -0.4 is 5.32 Å². The zero-order valence-electron chi connectivity index (χ0n) is 17.7. The van der Waals surface area contributed by atoms with Crippen LogP contribution in [0.5, 0.6) is 0 Å². The fourth-order valence-corrected chi connectivity index (χ4v) is 7.71.